The van der Waals surface area contributed by atoms with Crippen LogP contribution in [0.1, 0.15) is 11.6 Å². The molecule has 0 saturated carbocycles. The second kappa shape index (κ2) is 5.81. The Labute approximate surface area is 165 Å². The van der Waals surface area contributed by atoms with Crippen LogP contribution in [0, 0.1) is 0 Å². The van der Waals surface area contributed by atoms with E-state index in [1.807, 2.05) is 42.5 Å². The van der Waals surface area contributed by atoms with E-state index in [2.05, 4.69) is 38.1 Å². The number of hydrogen-bond acceptors (Lipinski definition) is 4. The summed E-state index contributed by atoms with van der Waals surface area (Å²) in [4.78, 5) is 21.9. The van der Waals surface area contributed by atoms with Crippen molar-refractivity contribution in [3.63, 3.8) is 0 Å². The van der Waals surface area contributed by atoms with Crippen molar-refractivity contribution in [2.24, 2.45) is 7.05 Å². The average molecular weight is 382 g/mol. The lowest BCUT2D eigenvalue weighted by Crippen LogP contribution is -2.21. The predicted molar refractivity (Wildman–Crippen MR) is 113 cm³/mol. The molecule has 1 unspecified atom stereocenters. The largest absolute Gasteiger partial charge is 0.353 e. The highest BCUT2D eigenvalue weighted by Gasteiger charge is 2.26. The molecule has 1 aliphatic rings. The van der Waals surface area contributed by atoms with E-state index in [0.29, 0.717) is 5.65 Å². The Balaban J connectivity index is 1.45. The standard InChI is InChI=1S/C22H18N6O/c1-26-18-7-4-12-23-20(18)27(22(26)29)15-10-8-14(9-11-15)19-13-24-21-25-16-5-2-3-6-17(16)28(19)21/h2-12,19H,13H2,1H3,(H,24,25). The number of rotatable bonds is 2. The molecule has 6 rings (SSSR count). The first kappa shape index (κ1) is 16.1. The molecule has 1 N–H and O–H groups in total. The molecule has 5 aromatic rings. The van der Waals surface area contributed by atoms with E-state index in [1.54, 1.807) is 22.4 Å². The van der Waals surface area contributed by atoms with Crippen molar-refractivity contribution < 1.29 is 0 Å². The number of hydrogen-bond donors (Lipinski definition) is 1. The number of anilines is 1. The highest BCUT2D eigenvalue weighted by atomic mass is 16.1. The number of benzene rings is 2. The van der Waals surface area contributed by atoms with Crippen LogP contribution in [0.3, 0.4) is 0 Å². The third kappa shape index (κ3) is 2.21. The lowest BCUT2D eigenvalue weighted by atomic mass is 10.1. The summed E-state index contributed by atoms with van der Waals surface area (Å²) in [6.07, 6.45) is 1.71. The van der Waals surface area contributed by atoms with Crippen LogP contribution in [0.4, 0.5) is 5.95 Å². The van der Waals surface area contributed by atoms with Crippen molar-refractivity contribution in [1.82, 2.24) is 23.7 Å². The Kier molecular flexibility index (Phi) is 3.23. The van der Waals surface area contributed by atoms with E-state index >= 15 is 0 Å². The summed E-state index contributed by atoms with van der Waals surface area (Å²) in [5.41, 5.74) is 5.47. The SMILES string of the molecule is Cn1c(=O)n(-c2ccc(C3CNc4nc5ccccc5n43)cc2)c2ncccc21. The highest BCUT2D eigenvalue weighted by Crippen LogP contribution is 2.33. The number of nitrogens with one attached hydrogen (secondary N) is 1. The topological polar surface area (TPSA) is 69.7 Å². The first-order valence-electron chi connectivity index (χ1n) is 9.56. The summed E-state index contributed by atoms with van der Waals surface area (Å²) in [7, 11) is 1.77. The number of imidazole rings is 2. The van der Waals surface area contributed by atoms with E-state index in [0.717, 1.165) is 34.7 Å². The number of para-hydroxylation sites is 2. The third-order valence-corrected chi connectivity index (χ3v) is 5.71. The summed E-state index contributed by atoms with van der Waals surface area (Å²) in [6, 6.07) is 20.2. The zero-order valence-electron chi connectivity index (χ0n) is 15.8. The zero-order chi connectivity index (χ0) is 19.5. The fourth-order valence-corrected chi connectivity index (χ4v) is 4.28. The number of aromatic nitrogens is 5. The van der Waals surface area contributed by atoms with Gasteiger partial charge in [0, 0.05) is 19.8 Å². The predicted octanol–water partition coefficient (Wildman–Crippen LogP) is 3.09. The lowest BCUT2D eigenvalue weighted by Gasteiger charge is -2.14. The van der Waals surface area contributed by atoms with Gasteiger partial charge in [-0.3, -0.25) is 4.57 Å². The fourth-order valence-electron chi connectivity index (χ4n) is 4.28. The minimum Gasteiger partial charge on any atom is -0.353 e. The maximum absolute atomic E-state index is 12.8. The van der Waals surface area contributed by atoms with Crippen molar-refractivity contribution in [3.05, 3.63) is 82.9 Å². The Morgan fingerprint density at radius 2 is 1.79 bits per heavy atom. The summed E-state index contributed by atoms with van der Waals surface area (Å²) >= 11 is 0. The van der Waals surface area contributed by atoms with Crippen molar-refractivity contribution >= 4 is 28.1 Å². The molecule has 1 atom stereocenters. The van der Waals surface area contributed by atoms with Gasteiger partial charge in [-0.15, -0.1) is 0 Å². The van der Waals surface area contributed by atoms with E-state index in [4.69, 9.17) is 0 Å². The summed E-state index contributed by atoms with van der Waals surface area (Å²) < 4.78 is 5.53. The van der Waals surface area contributed by atoms with E-state index in [9.17, 15) is 4.79 Å². The van der Waals surface area contributed by atoms with Crippen LogP contribution in [0.25, 0.3) is 27.9 Å². The Hall–Kier alpha value is -3.87. The molecule has 29 heavy (non-hydrogen) atoms. The van der Waals surface area contributed by atoms with E-state index < -0.39 is 0 Å². The minimum absolute atomic E-state index is 0.100. The van der Waals surface area contributed by atoms with Gasteiger partial charge in [0.05, 0.1) is 28.3 Å². The quantitative estimate of drug-likeness (QED) is 0.509. The number of nitrogens with zero attached hydrogens (tertiary/aromatic N) is 5. The van der Waals surface area contributed by atoms with Crippen LogP contribution < -0.4 is 11.0 Å². The molecule has 0 radical (unpaired) electrons. The molecule has 0 spiro atoms. The molecule has 0 amide bonds. The average Bonchev–Trinajstić information content (AvgIpc) is 3.40. The summed E-state index contributed by atoms with van der Waals surface area (Å²) in [5, 5.41) is 3.40. The monoisotopic (exact) mass is 382 g/mol. The van der Waals surface area contributed by atoms with Gasteiger partial charge >= 0.3 is 5.69 Å². The molecule has 0 aliphatic carbocycles. The minimum atomic E-state index is -0.100. The third-order valence-electron chi connectivity index (χ3n) is 5.71. The zero-order valence-corrected chi connectivity index (χ0v) is 15.8. The lowest BCUT2D eigenvalue weighted by molar-refractivity contribution is 0.692. The Bertz CT molecular complexity index is 1440. The van der Waals surface area contributed by atoms with Crippen LogP contribution in [0.15, 0.2) is 71.7 Å². The second-order valence-corrected chi connectivity index (χ2v) is 7.31. The van der Waals surface area contributed by atoms with Crippen LogP contribution in [0.5, 0.6) is 0 Å². The molecule has 7 nitrogen and oxygen atoms in total. The molecule has 7 heteroatoms. The molecular weight excluding hydrogens is 364 g/mol. The van der Waals surface area contributed by atoms with Gasteiger partial charge in [0.2, 0.25) is 5.95 Å². The molecule has 0 saturated heterocycles. The van der Waals surface area contributed by atoms with Gasteiger partial charge in [0.15, 0.2) is 5.65 Å². The molecule has 1 aliphatic heterocycles. The van der Waals surface area contributed by atoms with Crippen molar-refractivity contribution in [3.8, 4) is 5.69 Å². The Morgan fingerprint density at radius 3 is 2.66 bits per heavy atom. The van der Waals surface area contributed by atoms with Gasteiger partial charge in [0.1, 0.15) is 0 Å². The molecule has 0 bridgehead atoms. The van der Waals surface area contributed by atoms with Crippen molar-refractivity contribution in [1.29, 1.82) is 0 Å². The number of pyridine rings is 1. The molecule has 0 fully saturated rings. The molecule has 142 valence electrons. The summed E-state index contributed by atoms with van der Waals surface area (Å²) in [6.45, 7) is 0.794. The normalized spacial score (nSPS) is 15.7. The highest BCUT2D eigenvalue weighted by molar-refractivity contribution is 5.80. The van der Waals surface area contributed by atoms with Crippen LogP contribution in [-0.4, -0.2) is 30.2 Å². The van der Waals surface area contributed by atoms with Gasteiger partial charge in [0.25, 0.3) is 0 Å². The van der Waals surface area contributed by atoms with Gasteiger partial charge in [-0.2, -0.15) is 0 Å². The molecule has 2 aromatic carbocycles. The maximum Gasteiger partial charge on any atom is 0.334 e. The molecule has 4 heterocycles. The van der Waals surface area contributed by atoms with Gasteiger partial charge in [-0.1, -0.05) is 24.3 Å². The Morgan fingerprint density at radius 1 is 1.00 bits per heavy atom. The molecular formula is C22H18N6O. The van der Waals surface area contributed by atoms with Crippen LogP contribution >= 0.6 is 0 Å². The van der Waals surface area contributed by atoms with Gasteiger partial charge < -0.3 is 9.88 Å². The van der Waals surface area contributed by atoms with Gasteiger partial charge in [-0.25, -0.2) is 19.3 Å². The summed E-state index contributed by atoms with van der Waals surface area (Å²) in [5.74, 6) is 0.898. The van der Waals surface area contributed by atoms with E-state index in [1.165, 1.54) is 5.56 Å². The van der Waals surface area contributed by atoms with Crippen LogP contribution in [-0.2, 0) is 7.05 Å². The number of fused-ring (bicyclic) bond motifs is 4. The van der Waals surface area contributed by atoms with Gasteiger partial charge in [-0.05, 0) is 42.0 Å². The fraction of sp³-hybridized carbons (Fsp3) is 0.136. The van der Waals surface area contributed by atoms with E-state index in [-0.39, 0.29) is 11.7 Å². The number of aryl methyl sites for hydroxylation is 1. The van der Waals surface area contributed by atoms with Crippen LogP contribution in [0.2, 0.25) is 0 Å². The van der Waals surface area contributed by atoms with Crippen molar-refractivity contribution in [2.75, 3.05) is 11.9 Å². The molecule has 3 aromatic heterocycles. The maximum atomic E-state index is 12.8. The first-order chi connectivity index (χ1) is 14.2. The smallest absolute Gasteiger partial charge is 0.334 e. The second-order valence-electron chi connectivity index (χ2n) is 7.31. The van der Waals surface area contributed by atoms with Crippen molar-refractivity contribution in [2.45, 2.75) is 6.04 Å². The first-order valence-corrected chi connectivity index (χ1v) is 9.56.